The van der Waals surface area contributed by atoms with Crippen molar-refractivity contribution in [2.75, 3.05) is 19.4 Å². The normalized spacial score (nSPS) is 24.3. The van der Waals surface area contributed by atoms with Crippen LogP contribution < -0.4 is 10.9 Å². The molecule has 0 bridgehead atoms. The lowest BCUT2D eigenvalue weighted by molar-refractivity contribution is 0.119. The molecule has 38 heavy (non-hydrogen) atoms. The summed E-state index contributed by atoms with van der Waals surface area (Å²) in [6.07, 6.45) is 5.43. The Balaban J connectivity index is 1.54. The second kappa shape index (κ2) is 9.39. The molecule has 2 aliphatic rings. The molecule has 5 rings (SSSR count). The van der Waals surface area contributed by atoms with Crippen molar-refractivity contribution in [3.8, 4) is 6.07 Å². The molecular weight excluding hydrogens is 502 g/mol. The van der Waals surface area contributed by atoms with Gasteiger partial charge in [0.1, 0.15) is 5.39 Å². The predicted molar refractivity (Wildman–Crippen MR) is 151 cm³/mol. The minimum atomic E-state index is -3.07. The quantitative estimate of drug-likeness (QED) is 0.347. The molecule has 4 N–H and O–H groups in total. The van der Waals surface area contributed by atoms with Crippen molar-refractivity contribution < 1.29 is 9.11 Å². The van der Waals surface area contributed by atoms with E-state index < -0.39 is 21.9 Å². The van der Waals surface area contributed by atoms with Crippen LogP contribution in [-0.2, 0) is 12.1 Å². The van der Waals surface area contributed by atoms with Gasteiger partial charge < -0.3 is 15.2 Å². The number of H-pyrrole nitrogens is 1. The molecule has 204 valence electrons. The molecule has 0 amide bonds. The largest absolute Gasteiger partial charge is 0.338 e. The van der Waals surface area contributed by atoms with Crippen molar-refractivity contribution in [3.63, 3.8) is 0 Å². The highest BCUT2D eigenvalue weighted by atomic mass is 32.3. The smallest absolute Gasteiger partial charge is 0.261 e. The predicted octanol–water partition coefficient (Wildman–Crippen LogP) is 5.22. The molecule has 3 heterocycles. The zero-order chi connectivity index (χ0) is 27.5. The molecule has 1 aliphatic carbocycles. The Hall–Kier alpha value is -2.88. The second-order valence-electron chi connectivity index (χ2n) is 11.8. The average molecular weight is 540 g/mol. The molecule has 1 aliphatic heterocycles. The summed E-state index contributed by atoms with van der Waals surface area (Å²) in [5, 5.41) is 18.5. The summed E-state index contributed by atoms with van der Waals surface area (Å²) in [5.41, 5.74) is 1.06. The minimum absolute atomic E-state index is 0.250. The molecule has 1 saturated carbocycles. The number of nitrogens with one attached hydrogen (secondary N) is 2. The van der Waals surface area contributed by atoms with E-state index in [1.165, 1.54) is 0 Å². The van der Waals surface area contributed by atoms with Gasteiger partial charge in [0.15, 0.2) is 5.82 Å². The average Bonchev–Trinajstić information content (AvgIpc) is 3.35. The fourth-order valence-corrected chi connectivity index (χ4v) is 8.01. The standard InChI is InChI=1S/C27H37N7O3S/c1-26(2,3)33-17-18-16-19(6-7-22(18)38(33,36)37)30-24-23-21(10-15-29-25(23)35)34(31-24)27(13-14-28)11-8-20(9-12-27)32(4)5/h6-7,10,15-16,20,36-37H,8-9,11-13,17H2,1-5H3,(H,29,35)(H,30,31). The van der Waals surface area contributed by atoms with Gasteiger partial charge in [0, 0.05) is 30.0 Å². The zero-order valence-electron chi connectivity index (χ0n) is 22.7. The molecule has 3 aromatic rings. The Kier molecular flexibility index (Phi) is 6.60. The summed E-state index contributed by atoms with van der Waals surface area (Å²) in [6.45, 7) is 6.28. The summed E-state index contributed by atoms with van der Waals surface area (Å²) in [5.74, 6) is 0.422. The highest BCUT2D eigenvalue weighted by Crippen LogP contribution is 2.61. The van der Waals surface area contributed by atoms with Crippen molar-refractivity contribution in [2.45, 2.75) is 81.4 Å². The number of aromatic nitrogens is 3. The third-order valence-electron chi connectivity index (χ3n) is 8.07. The molecule has 1 fully saturated rings. The van der Waals surface area contributed by atoms with Gasteiger partial charge >= 0.3 is 0 Å². The van der Waals surface area contributed by atoms with Gasteiger partial charge in [-0.25, -0.2) is 0 Å². The number of hydrogen-bond donors (Lipinski definition) is 4. The first-order valence-electron chi connectivity index (χ1n) is 13.0. The molecule has 0 spiro atoms. The van der Waals surface area contributed by atoms with Crippen LogP contribution in [-0.4, -0.2) is 58.8 Å². The first-order chi connectivity index (χ1) is 17.9. The number of aromatic amines is 1. The van der Waals surface area contributed by atoms with Crippen LogP contribution in [0.4, 0.5) is 11.5 Å². The van der Waals surface area contributed by atoms with Gasteiger partial charge in [-0.1, -0.05) is 0 Å². The lowest BCUT2D eigenvalue weighted by Gasteiger charge is -2.44. The molecule has 0 unspecified atom stereocenters. The third kappa shape index (κ3) is 4.40. The van der Waals surface area contributed by atoms with Gasteiger partial charge in [0.05, 0.1) is 28.4 Å². The van der Waals surface area contributed by atoms with E-state index in [0.29, 0.717) is 46.3 Å². The van der Waals surface area contributed by atoms with Crippen LogP contribution in [0.1, 0.15) is 58.4 Å². The number of pyridine rings is 1. The summed E-state index contributed by atoms with van der Waals surface area (Å²) in [7, 11) is 1.10. The Bertz CT molecular complexity index is 1460. The summed E-state index contributed by atoms with van der Waals surface area (Å²) >= 11 is 0. The van der Waals surface area contributed by atoms with Crippen molar-refractivity contribution in [3.05, 3.63) is 46.4 Å². The first kappa shape index (κ1) is 26.7. The third-order valence-corrected chi connectivity index (χ3v) is 10.3. The van der Waals surface area contributed by atoms with Crippen LogP contribution in [0.25, 0.3) is 10.9 Å². The first-order valence-corrected chi connectivity index (χ1v) is 14.5. The number of fused-ring (bicyclic) bond motifs is 2. The topological polar surface area (TPSA) is 133 Å². The maximum absolute atomic E-state index is 13.0. The molecule has 1 aromatic carbocycles. The van der Waals surface area contributed by atoms with Crippen molar-refractivity contribution >= 4 is 33.2 Å². The number of benzene rings is 1. The molecule has 0 saturated heterocycles. The monoisotopic (exact) mass is 539 g/mol. The molecule has 0 radical (unpaired) electrons. The molecular formula is C27H37N7O3S. The highest BCUT2D eigenvalue weighted by Gasteiger charge is 2.42. The van der Waals surface area contributed by atoms with Gasteiger partial charge in [0.25, 0.3) is 5.56 Å². The second-order valence-corrected chi connectivity index (χ2v) is 13.7. The van der Waals surface area contributed by atoms with Crippen LogP contribution in [0, 0.1) is 11.3 Å². The van der Waals surface area contributed by atoms with Gasteiger partial charge in [0.2, 0.25) is 0 Å². The van der Waals surface area contributed by atoms with Gasteiger partial charge in [-0.2, -0.15) is 14.7 Å². The summed E-state index contributed by atoms with van der Waals surface area (Å²) in [4.78, 5) is 18.6. The summed E-state index contributed by atoms with van der Waals surface area (Å²) < 4.78 is 25.5. The van der Waals surface area contributed by atoms with Crippen LogP contribution in [0.3, 0.4) is 0 Å². The Morgan fingerprint density at radius 3 is 2.61 bits per heavy atom. The fourth-order valence-electron chi connectivity index (χ4n) is 5.96. The SMILES string of the molecule is CN(C)C1CCC(CC#N)(n2nc(Nc3ccc4c(c3)CN(C(C)(C)C)S4(O)O)c3c(=O)[nH]ccc32)CC1. The van der Waals surface area contributed by atoms with Crippen LogP contribution >= 0.6 is 10.8 Å². The van der Waals surface area contributed by atoms with E-state index >= 15 is 0 Å². The van der Waals surface area contributed by atoms with Crippen molar-refractivity contribution in [1.82, 2.24) is 24.0 Å². The Labute approximate surface area is 224 Å². The minimum Gasteiger partial charge on any atom is -0.338 e. The Morgan fingerprint density at radius 1 is 1.26 bits per heavy atom. The molecule has 10 nitrogen and oxygen atoms in total. The number of rotatable bonds is 5. The number of hydrogen-bond acceptors (Lipinski definition) is 8. The summed E-state index contributed by atoms with van der Waals surface area (Å²) in [6, 6.07) is 10.1. The number of nitriles is 1. The maximum atomic E-state index is 13.0. The Morgan fingerprint density at radius 2 is 1.97 bits per heavy atom. The molecule has 2 aromatic heterocycles. The van der Waals surface area contributed by atoms with E-state index in [1.54, 1.807) is 22.6 Å². The van der Waals surface area contributed by atoms with E-state index in [0.717, 1.165) is 31.2 Å². The number of nitrogens with zero attached hydrogens (tertiary/aromatic N) is 5. The van der Waals surface area contributed by atoms with Gasteiger partial charge in [-0.3, -0.25) is 18.6 Å². The van der Waals surface area contributed by atoms with Gasteiger partial charge in [-0.05, 0) is 90.4 Å². The maximum Gasteiger partial charge on any atom is 0.261 e. The van der Waals surface area contributed by atoms with Crippen LogP contribution in [0.5, 0.6) is 0 Å². The van der Waals surface area contributed by atoms with Crippen LogP contribution in [0.15, 0.2) is 40.2 Å². The van der Waals surface area contributed by atoms with E-state index in [2.05, 4.69) is 35.4 Å². The lowest BCUT2D eigenvalue weighted by atomic mass is 9.77. The van der Waals surface area contributed by atoms with E-state index in [1.807, 2.05) is 37.6 Å². The lowest BCUT2D eigenvalue weighted by Crippen LogP contribution is -2.43. The van der Waals surface area contributed by atoms with E-state index in [9.17, 15) is 19.2 Å². The number of anilines is 2. The van der Waals surface area contributed by atoms with E-state index in [4.69, 9.17) is 5.10 Å². The fraction of sp³-hybridized carbons (Fsp3) is 0.519. The zero-order valence-corrected chi connectivity index (χ0v) is 23.5. The molecule has 11 heteroatoms. The van der Waals surface area contributed by atoms with Crippen molar-refractivity contribution in [1.29, 1.82) is 5.26 Å². The van der Waals surface area contributed by atoms with Crippen molar-refractivity contribution in [2.24, 2.45) is 0 Å². The molecule has 0 atom stereocenters. The van der Waals surface area contributed by atoms with E-state index in [-0.39, 0.29) is 5.56 Å². The van der Waals surface area contributed by atoms with Gasteiger partial charge in [-0.15, -0.1) is 10.8 Å². The van der Waals surface area contributed by atoms with Crippen LogP contribution in [0.2, 0.25) is 0 Å². The highest BCUT2D eigenvalue weighted by molar-refractivity contribution is 8.22.